The van der Waals surface area contributed by atoms with Gasteiger partial charge in [-0.1, -0.05) is 35.9 Å². The largest absolute Gasteiger partial charge is 0.573 e. The first-order chi connectivity index (χ1) is 17.6. The van der Waals surface area contributed by atoms with Crippen molar-refractivity contribution in [2.24, 2.45) is 0 Å². The maximum absolute atomic E-state index is 13.4. The van der Waals surface area contributed by atoms with Crippen molar-refractivity contribution in [3.05, 3.63) is 82.9 Å². The summed E-state index contributed by atoms with van der Waals surface area (Å²) >= 11 is 5.98. The zero-order valence-corrected chi connectivity index (χ0v) is 20.6. The first kappa shape index (κ1) is 26.2. The minimum absolute atomic E-state index is 0.105. The zero-order chi connectivity index (χ0) is 26.6. The number of halogens is 4. The molecule has 4 amide bonds. The number of nitrogens with zero attached hydrogens (tertiary/aromatic N) is 2. The molecular formula is C26H24ClF3N4O3. The summed E-state index contributed by atoms with van der Waals surface area (Å²) in [6.07, 6.45) is -4.17. The second kappa shape index (κ2) is 11.0. The van der Waals surface area contributed by atoms with Gasteiger partial charge in [-0.25, -0.2) is 9.59 Å². The van der Waals surface area contributed by atoms with Crippen molar-refractivity contribution in [3.63, 3.8) is 0 Å². The lowest BCUT2D eigenvalue weighted by molar-refractivity contribution is -0.274. The quantitative estimate of drug-likeness (QED) is 0.358. The number of aryl methyl sites for hydroxylation is 1. The lowest BCUT2D eigenvalue weighted by atomic mass is 10.1. The van der Waals surface area contributed by atoms with Crippen molar-refractivity contribution in [1.82, 2.24) is 4.90 Å². The van der Waals surface area contributed by atoms with E-state index in [1.54, 1.807) is 52.3 Å². The zero-order valence-electron chi connectivity index (χ0n) is 19.8. The molecule has 1 aliphatic heterocycles. The van der Waals surface area contributed by atoms with Crippen LogP contribution in [0.1, 0.15) is 17.5 Å². The van der Waals surface area contributed by atoms with Crippen molar-refractivity contribution in [3.8, 4) is 5.75 Å². The number of hydrogen-bond acceptors (Lipinski definition) is 3. The van der Waals surface area contributed by atoms with E-state index in [1.165, 1.54) is 18.2 Å². The summed E-state index contributed by atoms with van der Waals surface area (Å²) in [5, 5.41) is 5.99. The van der Waals surface area contributed by atoms with E-state index < -0.39 is 12.4 Å². The van der Waals surface area contributed by atoms with Gasteiger partial charge < -0.3 is 20.3 Å². The van der Waals surface area contributed by atoms with Gasteiger partial charge in [0.1, 0.15) is 5.75 Å². The molecular weight excluding hydrogens is 509 g/mol. The van der Waals surface area contributed by atoms with Gasteiger partial charge in [-0.15, -0.1) is 13.2 Å². The highest BCUT2D eigenvalue weighted by atomic mass is 35.5. The summed E-state index contributed by atoms with van der Waals surface area (Å²) in [6, 6.07) is 16.8. The number of carbonyl (C=O) groups is 2. The third-order valence-corrected chi connectivity index (χ3v) is 5.83. The highest BCUT2D eigenvalue weighted by Crippen LogP contribution is 2.31. The van der Waals surface area contributed by atoms with E-state index in [1.807, 2.05) is 13.0 Å². The van der Waals surface area contributed by atoms with Crippen molar-refractivity contribution in [2.45, 2.75) is 26.3 Å². The number of hydrogen-bond donors (Lipinski definition) is 2. The Morgan fingerprint density at radius 3 is 2.57 bits per heavy atom. The number of carbonyl (C=O) groups excluding carboxylic acids is 2. The SMILES string of the molecule is Cc1ccc(N2CCCN(Cc3cccc(OC(F)(F)F)c3)C2=O)c(NC(=O)Nc2cccc(Cl)c2)c1. The van der Waals surface area contributed by atoms with Crippen molar-refractivity contribution < 1.29 is 27.5 Å². The van der Waals surface area contributed by atoms with E-state index in [9.17, 15) is 22.8 Å². The number of ether oxygens (including phenoxy) is 1. The monoisotopic (exact) mass is 532 g/mol. The molecule has 0 saturated carbocycles. The first-order valence-corrected chi connectivity index (χ1v) is 11.8. The van der Waals surface area contributed by atoms with E-state index in [2.05, 4.69) is 15.4 Å². The van der Waals surface area contributed by atoms with Crippen LogP contribution in [0.15, 0.2) is 66.7 Å². The van der Waals surface area contributed by atoms with Crippen LogP contribution in [0.25, 0.3) is 0 Å². The second-order valence-electron chi connectivity index (χ2n) is 8.51. The van der Waals surface area contributed by atoms with Crippen LogP contribution in [0, 0.1) is 6.92 Å². The van der Waals surface area contributed by atoms with Crippen molar-refractivity contribution in [2.75, 3.05) is 28.6 Å². The van der Waals surface area contributed by atoms with Crippen LogP contribution in [-0.4, -0.2) is 36.4 Å². The number of amides is 4. The third-order valence-electron chi connectivity index (χ3n) is 5.59. The van der Waals surface area contributed by atoms with Crippen molar-refractivity contribution in [1.29, 1.82) is 0 Å². The molecule has 0 spiro atoms. The van der Waals surface area contributed by atoms with Crippen LogP contribution in [0.5, 0.6) is 5.75 Å². The van der Waals surface area contributed by atoms with Gasteiger partial charge in [-0.2, -0.15) is 0 Å². The molecule has 0 atom stereocenters. The highest BCUT2D eigenvalue weighted by Gasteiger charge is 2.32. The average Bonchev–Trinajstić information content (AvgIpc) is 2.80. The predicted octanol–water partition coefficient (Wildman–Crippen LogP) is 7.02. The lowest BCUT2D eigenvalue weighted by Gasteiger charge is -2.36. The normalized spacial score (nSPS) is 13.9. The first-order valence-electron chi connectivity index (χ1n) is 11.4. The summed E-state index contributed by atoms with van der Waals surface area (Å²) in [4.78, 5) is 29.2. The molecule has 37 heavy (non-hydrogen) atoms. The van der Waals surface area contributed by atoms with Gasteiger partial charge in [-0.05, 0) is 66.9 Å². The minimum Gasteiger partial charge on any atom is -0.406 e. The van der Waals surface area contributed by atoms with Crippen LogP contribution < -0.4 is 20.3 Å². The number of anilines is 3. The Kier molecular flexibility index (Phi) is 7.77. The minimum atomic E-state index is -4.80. The standard InChI is InChI=1S/C26H24ClF3N4O3/c1-17-9-10-23(22(13-17)32-24(35)31-20-7-3-6-19(27)15-20)34-12-4-11-33(25(34)36)16-18-5-2-8-21(14-18)37-26(28,29)30/h2-3,5-10,13-15H,4,11-12,16H2,1H3,(H2,31,32,35). The van der Waals surface area contributed by atoms with Crippen LogP contribution in [0.4, 0.5) is 39.8 Å². The van der Waals surface area contributed by atoms with E-state index in [0.717, 1.165) is 5.56 Å². The molecule has 11 heteroatoms. The smallest absolute Gasteiger partial charge is 0.406 e. The fourth-order valence-electron chi connectivity index (χ4n) is 4.05. The van der Waals surface area contributed by atoms with Crippen LogP contribution >= 0.6 is 11.6 Å². The van der Waals surface area contributed by atoms with Gasteiger partial charge in [0.25, 0.3) is 0 Å². The molecule has 0 aromatic heterocycles. The fraction of sp³-hybridized carbons (Fsp3) is 0.231. The van der Waals surface area contributed by atoms with E-state index in [4.69, 9.17) is 11.6 Å². The summed E-state index contributed by atoms with van der Waals surface area (Å²) in [5.41, 5.74) is 2.84. The molecule has 0 aliphatic carbocycles. The second-order valence-corrected chi connectivity index (χ2v) is 8.95. The van der Waals surface area contributed by atoms with E-state index in [-0.39, 0.29) is 18.3 Å². The lowest BCUT2D eigenvalue weighted by Crippen LogP contribution is -2.49. The van der Waals surface area contributed by atoms with Crippen molar-refractivity contribution >= 4 is 40.7 Å². The molecule has 194 valence electrons. The highest BCUT2D eigenvalue weighted by molar-refractivity contribution is 6.30. The molecule has 1 saturated heterocycles. The Balaban J connectivity index is 1.50. The van der Waals surface area contributed by atoms with E-state index in [0.29, 0.717) is 47.2 Å². The Morgan fingerprint density at radius 1 is 1.03 bits per heavy atom. The maximum atomic E-state index is 13.4. The predicted molar refractivity (Wildman–Crippen MR) is 136 cm³/mol. The fourth-order valence-corrected chi connectivity index (χ4v) is 4.24. The molecule has 3 aromatic carbocycles. The molecule has 0 radical (unpaired) electrons. The number of rotatable bonds is 6. The molecule has 1 fully saturated rings. The Bertz CT molecular complexity index is 1300. The molecule has 1 aliphatic rings. The van der Waals surface area contributed by atoms with Gasteiger partial charge in [0.2, 0.25) is 0 Å². The molecule has 4 rings (SSSR count). The number of urea groups is 2. The molecule has 3 aromatic rings. The molecule has 0 unspecified atom stereocenters. The van der Waals surface area contributed by atoms with Crippen LogP contribution in [0.2, 0.25) is 5.02 Å². The number of alkyl halides is 3. The molecule has 7 nitrogen and oxygen atoms in total. The summed E-state index contributed by atoms with van der Waals surface area (Å²) in [5.74, 6) is -0.345. The number of nitrogens with one attached hydrogen (secondary N) is 2. The van der Waals surface area contributed by atoms with Gasteiger partial charge in [0, 0.05) is 30.3 Å². The topological polar surface area (TPSA) is 73.9 Å². The molecule has 1 heterocycles. The summed E-state index contributed by atoms with van der Waals surface area (Å²) in [6.45, 7) is 2.82. The Labute approximate surface area is 216 Å². The van der Waals surface area contributed by atoms with Crippen LogP contribution in [0.3, 0.4) is 0 Å². The summed E-state index contributed by atoms with van der Waals surface area (Å²) in [7, 11) is 0. The maximum Gasteiger partial charge on any atom is 0.573 e. The van der Waals surface area contributed by atoms with E-state index >= 15 is 0 Å². The van der Waals surface area contributed by atoms with Crippen LogP contribution in [-0.2, 0) is 6.54 Å². The third kappa shape index (κ3) is 7.07. The Morgan fingerprint density at radius 2 is 1.81 bits per heavy atom. The molecule has 0 bridgehead atoms. The van der Waals surface area contributed by atoms with Gasteiger partial charge >= 0.3 is 18.4 Å². The van der Waals surface area contributed by atoms with Gasteiger partial charge in [0.15, 0.2) is 0 Å². The average molecular weight is 533 g/mol. The Hall–Kier alpha value is -3.92. The van der Waals surface area contributed by atoms with Gasteiger partial charge in [0.05, 0.1) is 11.4 Å². The molecule has 2 N–H and O–H groups in total. The summed E-state index contributed by atoms with van der Waals surface area (Å²) < 4.78 is 41.8. The number of benzene rings is 3. The van der Waals surface area contributed by atoms with Gasteiger partial charge in [-0.3, -0.25) is 4.90 Å².